The average molecular weight is 344 g/mol. The molecular weight excluding hydrogens is 316 g/mol. The van der Waals surface area contributed by atoms with Gasteiger partial charge in [-0.3, -0.25) is 4.90 Å². The number of nitrogen functional groups attached to an aromatic ring is 1. The summed E-state index contributed by atoms with van der Waals surface area (Å²) in [5.74, 6) is 1.03. The fourth-order valence-electron chi connectivity index (χ4n) is 3.52. The molecule has 1 atom stereocenters. The lowest BCUT2D eigenvalue weighted by atomic mass is 10.0. The van der Waals surface area contributed by atoms with Gasteiger partial charge in [0.05, 0.1) is 0 Å². The molecule has 4 N–H and O–H groups in total. The Bertz CT molecular complexity index is 632. The van der Waals surface area contributed by atoms with Gasteiger partial charge < -0.3 is 15.7 Å². The fourth-order valence-corrected chi connectivity index (χ4v) is 3.52. The van der Waals surface area contributed by atoms with Gasteiger partial charge in [-0.25, -0.2) is 5.10 Å². The second kappa shape index (κ2) is 8.82. The highest BCUT2D eigenvalue weighted by molar-refractivity contribution is 5.34. The lowest BCUT2D eigenvalue weighted by Gasteiger charge is -2.41. The molecule has 1 unspecified atom stereocenters. The van der Waals surface area contributed by atoms with E-state index in [1.807, 2.05) is 0 Å². The fraction of sp³-hybridized carbons (Fsp3) is 0.556. The van der Waals surface area contributed by atoms with Crippen molar-refractivity contribution in [2.45, 2.75) is 31.7 Å². The van der Waals surface area contributed by atoms with Crippen LogP contribution in [0, 0.1) is 0 Å². The van der Waals surface area contributed by atoms with Crippen molar-refractivity contribution in [1.29, 1.82) is 0 Å². The van der Waals surface area contributed by atoms with E-state index in [2.05, 4.69) is 55.3 Å². The van der Waals surface area contributed by atoms with Gasteiger partial charge in [-0.05, 0) is 37.8 Å². The molecular formula is C18H28N6O. The highest BCUT2D eigenvalue weighted by Gasteiger charge is 2.27. The third-order valence-corrected chi connectivity index (χ3v) is 4.84. The van der Waals surface area contributed by atoms with E-state index in [0.29, 0.717) is 6.04 Å². The van der Waals surface area contributed by atoms with Crippen LogP contribution in [0.4, 0.5) is 11.9 Å². The quantitative estimate of drug-likeness (QED) is 0.668. The van der Waals surface area contributed by atoms with Crippen LogP contribution >= 0.6 is 0 Å². The number of anilines is 2. The first-order valence-corrected chi connectivity index (χ1v) is 9.08. The molecule has 0 saturated carbocycles. The molecule has 1 aliphatic heterocycles. The van der Waals surface area contributed by atoms with Crippen LogP contribution in [0.15, 0.2) is 30.3 Å². The Kier molecular flexibility index (Phi) is 6.25. The summed E-state index contributed by atoms with van der Waals surface area (Å²) >= 11 is 0. The SMILES string of the molecule is Nc1n[nH]c(N2CCN(CCCc3ccccc3)C(CCCO)C2)n1. The molecule has 2 aromatic rings. The minimum absolute atomic E-state index is 0.240. The number of nitrogens with one attached hydrogen (secondary N) is 1. The Morgan fingerprint density at radius 2 is 2.04 bits per heavy atom. The Balaban J connectivity index is 1.54. The lowest BCUT2D eigenvalue weighted by Crippen LogP contribution is -2.53. The number of aryl methyl sites for hydroxylation is 1. The van der Waals surface area contributed by atoms with E-state index in [1.165, 1.54) is 5.56 Å². The average Bonchev–Trinajstić information content (AvgIpc) is 3.08. The largest absolute Gasteiger partial charge is 0.396 e. The number of nitrogens with two attached hydrogens (primary N) is 1. The number of aromatic nitrogens is 3. The maximum Gasteiger partial charge on any atom is 0.241 e. The normalized spacial score (nSPS) is 18.6. The molecule has 25 heavy (non-hydrogen) atoms. The van der Waals surface area contributed by atoms with Crippen LogP contribution in [0.25, 0.3) is 0 Å². The summed E-state index contributed by atoms with van der Waals surface area (Å²) < 4.78 is 0. The van der Waals surface area contributed by atoms with Crippen molar-refractivity contribution in [3.8, 4) is 0 Å². The van der Waals surface area contributed by atoms with Gasteiger partial charge in [-0.2, -0.15) is 4.98 Å². The van der Waals surface area contributed by atoms with Crippen molar-refractivity contribution in [1.82, 2.24) is 20.1 Å². The number of piperazine rings is 1. The number of hydrogen-bond acceptors (Lipinski definition) is 6. The summed E-state index contributed by atoms with van der Waals surface area (Å²) in [6, 6.07) is 11.1. The van der Waals surface area contributed by atoms with Gasteiger partial charge in [0.1, 0.15) is 0 Å². The van der Waals surface area contributed by atoms with Crippen molar-refractivity contribution < 1.29 is 5.11 Å². The number of hydrogen-bond donors (Lipinski definition) is 3. The molecule has 136 valence electrons. The van der Waals surface area contributed by atoms with E-state index in [-0.39, 0.29) is 12.6 Å². The molecule has 0 aliphatic carbocycles. The molecule has 0 bridgehead atoms. The second-order valence-corrected chi connectivity index (χ2v) is 6.61. The smallest absolute Gasteiger partial charge is 0.241 e. The Morgan fingerprint density at radius 1 is 1.20 bits per heavy atom. The third kappa shape index (κ3) is 4.93. The Hall–Kier alpha value is -2.12. The van der Waals surface area contributed by atoms with Crippen molar-refractivity contribution >= 4 is 11.9 Å². The molecule has 1 aromatic carbocycles. The van der Waals surface area contributed by atoms with Crippen LogP contribution in [-0.2, 0) is 6.42 Å². The van der Waals surface area contributed by atoms with Gasteiger partial charge in [-0.15, -0.1) is 5.10 Å². The topological polar surface area (TPSA) is 94.3 Å². The summed E-state index contributed by atoms with van der Waals surface area (Å²) in [5.41, 5.74) is 7.02. The maximum absolute atomic E-state index is 9.22. The first-order chi connectivity index (χ1) is 12.3. The van der Waals surface area contributed by atoms with Crippen LogP contribution in [0.5, 0.6) is 0 Å². The number of nitrogens with zero attached hydrogens (tertiary/aromatic N) is 4. The van der Waals surface area contributed by atoms with Crippen molar-refractivity contribution in [3.63, 3.8) is 0 Å². The van der Waals surface area contributed by atoms with Gasteiger partial charge >= 0.3 is 0 Å². The minimum Gasteiger partial charge on any atom is -0.396 e. The van der Waals surface area contributed by atoms with Crippen LogP contribution in [0.1, 0.15) is 24.8 Å². The molecule has 7 nitrogen and oxygen atoms in total. The summed E-state index contributed by atoms with van der Waals surface area (Å²) in [5, 5.41) is 16.0. The number of benzene rings is 1. The third-order valence-electron chi connectivity index (χ3n) is 4.84. The van der Waals surface area contributed by atoms with Gasteiger partial charge in [-0.1, -0.05) is 30.3 Å². The van der Waals surface area contributed by atoms with E-state index < -0.39 is 0 Å². The molecule has 1 saturated heterocycles. The molecule has 1 fully saturated rings. The first kappa shape index (κ1) is 17.7. The zero-order valence-electron chi connectivity index (χ0n) is 14.6. The molecule has 7 heteroatoms. The van der Waals surface area contributed by atoms with Crippen LogP contribution in [0.3, 0.4) is 0 Å². The molecule has 3 rings (SSSR count). The van der Waals surface area contributed by atoms with Gasteiger partial charge in [0.25, 0.3) is 0 Å². The van der Waals surface area contributed by atoms with E-state index in [9.17, 15) is 5.11 Å². The van der Waals surface area contributed by atoms with Crippen LogP contribution in [-0.4, -0.2) is 64.0 Å². The molecule has 0 amide bonds. The van der Waals surface area contributed by atoms with Gasteiger partial charge in [0.2, 0.25) is 11.9 Å². The van der Waals surface area contributed by atoms with Gasteiger partial charge in [0, 0.05) is 32.3 Å². The standard InChI is InChI=1S/C18H28N6O/c19-17-20-18(22-21-17)24-12-11-23(16(14-24)9-5-13-25)10-4-8-15-6-2-1-3-7-15/h1-3,6-7,16,25H,4-5,8-14H2,(H3,19,20,21,22). The Morgan fingerprint density at radius 3 is 2.76 bits per heavy atom. The zero-order valence-corrected chi connectivity index (χ0v) is 14.6. The monoisotopic (exact) mass is 344 g/mol. The minimum atomic E-state index is 0.240. The molecule has 1 aliphatic rings. The molecule has 0 radical (unpaired) electrons. The predicted molar refractivity (Wildman–Crippen MR) is 99.5 cm³/mol. The number of H-pyrrole nitrogens is 1. The Labute approximate surface area is 148 Å². The summed E-state index contributed by atoms with van der Waals surface area (Å²) in [4.78, 5) is 9.00. The van der Waals surface area contributed by atoms with E-state index in [4.69, 9.17) is 5.73 Å². The highest BCUT2D eigenvalue weighted by atomic mass is 16.2. The number of aliphatic hydroxyl groups is 1. The zero-order chi connectivity index (χ0) is 17.5. The summed E-state index contributed by atoms with van der Waals surface area (Å²) in [6.45, 7) is 4.11. The number of rotatable bonds is 8. The first-order valence-electron chi connectivity index (χ1n) is 9.08. The second-order valence-electron chi connectivity index (χ2n) is 6.61. The van der Waals surface area contributed by atoms with Gasteiger partial charge in [0.15, 0.2) is 0 Å². The van der Waals surface area contributed by atoms with Crippen molar-refractivity contribution in [2.75, 3.05) is 43.4 Å². The number of aromatic amines is 1. The van der Waals surface area contributed by atoms with E-state index in [1.54, 1.807) is 0 Å². The van der Waals surface area contributed by atoms with E-state index in [0.717, 1.165) is 57.8 Å². The molecule has 0 spiro atoms. The molecule has 1 aromatic heterocycles. The number of aliphatic hydroxyl groups excluding tert-OH is 1. The highest BCUT2D eigenvalue weighted by Crippen LogP contribution is 2.19. The van der Waals surface area contributed by atoms with E-state index >= 15 is 0 Å². The van der Waals surface area contributed by atoms with Crippen molar-refractivity contribution in [3.05, 3.63) is 35.9 Å². The van der Waals surface area contributed by atoms with Crippen LogP contribution < -0.4 is 10.6 Å². The summed E-state index contributed by atoms with van der Waals surface area (Å²) in [6.07, 6.45) is 4.06. The predicted octanol–water partition coefficient (Wildman–Crippen LogP) is 1.28. The van der Waals surface area contributed by atoms with Crippen molar-refractivity contribution in [2.24, 2.45) is 0 Å². The van der Waals surface area contributed by atoms with Crippen LogP contribution in [0.2, 0.25) is 0 Å². The summed E-state index contributed by atoms with van der Waals surface area (Å²) in [7, 11) is 0. The molecule has 2 heterocycles. The lowest BCUT2D eigenvalue weighted by molar-refractivity contribution is 0.154. The maximum atomic E-state index is 9.22.